The highest BCUT2D eigenvalue weighted by molar-refractivity contribution is 5.16. The van der Waals surface area contributed by atoms with E-state index < -0.39 is 0 Å². The summed E-state index contributed by atoms with van der Waals surface area (Å²) in [6.45, 7) is 1.02. The van der Waals surface area contributed by atoms with E-state index >= 15 is 0 Å². The molecule has 0 saturated heterocycles. The first kappa shape index (κ1) is 9.17. The van der Waals surface area contributed by atoms with Crippen molar-refractivity contribution in [1.29, 1.82) is 0 Å². The van der Waals surface area contributed by atoms with Gasteiger partial charge in [-0.05, 0) is 30.2 Å². The molecular weight excluding hydrogens is 182 g/mol. The lowest BCUT2D eigenvalue weighted by molar-refractivity contribution is 0.162. The Morgan fingerprint density at radius 3 is 2.87 bits per heavy atom. The van der Waals surface area contributed by atoms with Gasteiger partial charge in [0.15, 0.2) is 0 Å². The van der Waals surface area contributed by atoms with Crippen LogP contribution in [0.15, 0.2) is 42.5 Å². The van der Waals surface area contributed by atoms with E-state index in [1.54, 1.807) is 0 Å². The Bertz CT molecular complexity index is 355. The molecule has 1 nitrogen and oxygen atoms in total. The molecule has 0 spiro atoms. The molecule has 1 heteroatoms. The summed E-state index contributed by atoms with van der Waals surface area (Å²) in [6.07, 6.45) is 7.43. The molecule has 1 aromatic carbocycles. The van der Waals surface area contributed by atoms with E-state index in [4.69, 9.17) is 0 Å². The minimum Gasteiger partial charge on any atom is -0.309 e. The molecule has 3 unspecified atom stereocenters. The maximum atomic E-state index is 3.66. The lowest BCUT2D eigenvalue weighted by Crippen LogP contribution is -2.47. The Labute approximate surface area is 91.2 Å². The second kappa shape index (κ2) is 3.82. The lowest BCUT2D eigenvalue weighted by Gasteiger charge is -2.40. The van der Waals surface area contributed by atoms with Gasteiger partial charge in [0.2, 0.25) is 0 Å². The largest absolute Gasteiger partial charge is 0.309 e. The zero-order valence-electron chi connectivity index (χ0n) is 8.89. The number of benzene rings is 1. The third kappa shape index (κ3) is 1.72. The number of hydrogen-bond acceptors (Lipinski definition) is 1. The standard InChI is InChI=1S/C14H17N/c1-2-5-11(6-3-1)10-15-14-9-12-7-4-8-13(12)14/h1-6,8,12-15H,7,9-10H2. The summed E-state index contributed by atoms with van der Waals surface area (Å²) in [5.41, 5.74) is 1.39. The van der Waals surface area contributed by atoms with Gasteiger partial charge in [0.25, 0.3) is 0 Å². The van der Waals surface area contributed by atoms with Gasteiger partial charge in [-0.2, -0.15) is 0 Å². The lowest BCUT2D eigenvalue weighted by atomic mass is 9.71. The van der Waals surface area contributed by atoms with Gasteiger partial charge in [-0.1, -0.05) is 42.5 Å². The molecule has 3 rings (SSSR count). The van der Waals surface area contributed by atoms with Gasteiger partial charge in [0.1, 0.15) is 0 Å². The van der Waals surface area contributed by atoms with Crippen molar-refractivity contribution in [2.24, 2.45) is 11.8 Å². The van der Waals surface area contributed by atoms with E-state index in [-0.39, 0.29) is 0 Å². The van der Waals surface area contributed by atoms with Gasteiger partial charge in [0.05, 0.1) is 0 Å². The molecule has 78 valence electrons. The summed E-state index contributed by atoms with van der Waals surface area (Å²) in [5.74, 6) is 1.78. The number of fused-ring (bicyclic) bond motifs is 1. The first-order chi connectivity index (χ1) is 7.43. The van der Waals surface area contributed by atoms with Crippen LogP contribution in [-0.2, 0) is 6.54 Å². The molecule has 1 fully saturated rings. The van der Waals surface area contributed by atoms with Crippen LogP contribution in [0.25, 0.3) is 0 Å². The highest BCUT2D eigenvalue weighted by Gasteiger charge is 2.40. The highest BCUT2D eigenvalue weighted by atomic mass is 14.9. The minimum atomic E-state index is 0.731. The normalized spacial score (nSPS) is 32.4. The summed E-state index contributed by atoms with van der Waals surface area (Å²) >= 11 is 0. The van der Waals surface area contributed by atoms with Crippen LogP contribution in [0.3, 0.4) is 0 Å². The summed E-state index contributed by atoms with van der Waals surface area (Å²) in [7, 11) is 0. The molecule has 0 radical (unpaired) electrons. The molecule has 2 aliphatic carbocycles. The van der Waals surface area contributed by atoms with Crippen molar-refractivity contribution in [3.8, 4) is 0 Å². The van der Waals surface area contributed by atoms with Crippen LogP contribution < -0.4 is 5.32 Å². The average molecular weight is 199 g/mol. The third-order valence-electron chi connectivity index (χ3n) is 3.77. The number of allylic oxidation sites excluding steroid dienone is 1. The van der Waals surface area contributed by atoms with Crippen molar-refractivity contribution in [2.45, 2.75) is 25.4 Å². The van der Waals surface area contributed by atoms with Crippen LogP contribution in [0, 0.1) is 11.8 Å². The monoisotopic (exact) mass is 199 g/mol. The number of rotatable bonds is 3. The molecule has 1 N–H and O–H groups in total. The molecule has 0 aromatic heterocycles. The fraction of sp³-hybridized carbons (Fsp3) is 0.429. The van der Waals surface area contributed by atoms with E-state index in [9.17, 15) is 0 Å². The van der Waals surface area contributed by atoms with Crippen molar-refractivity contribution >= 4 is 0 Å². The van der Waals surface area contributed by atoms with E-state index in [0.717, 1.165) is 24.4 Å². The second-order valence-electron chi connectivity index (χ2n) is 4.71. The maximum Gasteiger partial charge on any atom is 0.0208 e. The van der Waals surface area contributed by atoms with Gasteiger partial charge in [-0.3, -0.25) is 0 Å². The zero-order valence-corrected chi connectivity index (χ0v) is 8.89. The van der Waals surface area contributed by atoms with E-state index in [1.807, 2.05) is 0 Å². The Hall–Kier alpha value is -1.08. The summed E-state index contributed by atoms with van der Waals surface area (Å²) < 4.78 is 0. The Kier molecular flexibility index (Phi) is 2.34. The van der Waals surface area contributed by atoms with E-state index in [0.29, 0.717) is 0 Å². The Balaban J connectivity index is 1.53. The molecule has 0 aliphatic heterocycles. The molecular formula is C14H17N. The van der Waals surface area contributed by atoms with E-state index in [2.05, 4.69) is 47.8 Å². The average Bonchev–Trinajstić information content (AvgIpc) is 2.62. The fourth-order valence-corrected chi connectivity index (χ4v) is 2.79. The Morgan fingerprint density at radius 1 is 1.20 bits per heavy atom. The van der Waals surface area contributed by atoms with Gasteiger partial charge in [-0.25, -0.2) is 0 Å². The Morgan fingerprint density at radius 2 is 2.07 bits per heavy atom. The SMILES string of the molecule is C1=CC2C(C1)CC2NCc1ccccc1. The van der Waals surface area contributed by atoms with Gasteiger partial charge in [-0.15, -0.1) is 0 Å². The van der Waals surface area contributed by atoms with Crippen molar-refractivity contribution in [3.63, 3.8) is 0 Å². The van der Waals surface area contributed by atoms with Crippen molar-refractivity contribution in [2.75, 3.05) is 0 Å². The number of nitrogens with one attached hydrogen (secondary N) is 1. The molecule has 1 saturated carbocycles. The molecule has 15 heavy (non-hydrogen) atoms. The first-order valence-corrected chi connectivity index (χ1v) is 5.87. The van der Waals surface area contributed by atoms with Gasteiger partial charge < -0.3 is 5.32 Å². The van der Waals surface area contributed by atoms with Crippen LogP contribution in [0.4, 0.5) is 0 Å². The molecule has 0 heterocycles. The fourth-order valence-electron chi connectivity index (χ4n) is 2.79. The topological polar surface area (TPSA) is 12.0 Å². The molecule has 0 amide bonds. The van der Waals surface area contributed by atoms with Crippen LogP contribution in [0.2, 0.25) is 0 Å². The summed E-state index contributed by atoms with van der Waals surface area (Å²) in [4.78, 5) is 0. The maximum absolute atomic E-state index is 3.66. The summed E-state index contributed by atoms with van der Waals surface area (Å²) in [6, 6.07) is 11.4. The molecule has 0 bridgehead atoms. The van der Waals surface area contributed by atoms with Crippen LogP contribution >= 0.6 is 0 Å². The predicted octanol–water partition coefficient (Wildman–Crippen LogP) is 2.74. The van der Waals surface area contributed by atoms with Gasteiger partial charge in [0, 0.05) is 12.6 Å². The third-order valence-corrected chi connectivity index (χ3v) is 3.77. The second-order valence-corrected chi connectivity index (χ2v) is 4.71. The summed E-state index contributed by atoms with van der Waals surface area (Å²) in [5, 5.41) is 3.66. The highest BCUT2D eigenvalue weighted by Crippen LogP contribution is 2.42. The quantitative estimate of drug-likeness (QED) is 0.738. The van der Waals surface area contributed by atoms with Crippen LogP contribution in [0.5, 0.6) is 0 Å². The molecule has 3 atom stereocenters. The predicted molar refractivity (Wildman–Crippen MR) is 62.4 cm³/mol. The van der Waals surface area contributed by atoms with Crippen molar-refractivity contribution in [3.05, 3.63) is 48.0 Å². The van der Waals surface area contributed by atoms with E-state index in [1.165, 1.54) is 18.4 Å². The van der Waals surface area contributed by atoms with Crippen LogP contribution in [0.1, 0.15) is 18.4 Å². The zero-order chi connectivity index (χ0) is 10.1. The van der Waals surface area contributed by atoms with Crippen LogP contribution in [-0.4, -0.2) is 6.04 Å². The molecule has 1 aromatic rings. The molecule has 2 aliphatic rings. The minimum absolute atomic E-state index is 0.731. The number of hydrogen-bond donors (Lipinski definition) is 1. The van der Waals surface area contributed by atoms with Crippen molar-refractivity contribution in [1.82, 2.24) is 5.32 Å². The first-order valence-electron chi connectivity index (χ1n) is 5.87. The van der Waals surface area contributed by atoms with Crippen molar-refractivity contribution < 1.29 is 0 Å². The smallest absolute Gasteiger partial charge is 0.0208 e. The van der Waals surface area contributed by atoms with Gasteiger partial charge >= 0.3 is 0 Å².